The van der Waals surface area contributed by atoms with Gasteiger partial charge >= 0.3 is 0 Å². The van der Waals surface area contributed by atoms with Crippen LogP contribution in [0.15, 0.2) is 48.5 Å². The number of halogens is 1. The van der Waals surface area contributed by atoms with Crippen molar-refractivity contribution in [3.63, 3.8) is 0 Å². The van der Waals surface area contributed by atoms with Gasteiger partial charge in [-0.2, -0.15) is 5.26 Å². The van der Waals surface area contributed by atoms with Crippen molar-refractivity contribution in [1.29, 1.82) is 5.26 Å². The molecule has 1 unspecified atom stereocenters. The summed E-state index contributed by atoms with van der Waals surface area (Å²) in [6.07, 6.45) is 0. The lowest BCUT2D eigenvalue weighted by Crippen LogP contribution is -2.27. The average molecular weight is 270 g/mol. The summed E-state index contributed by atoms with van der Waals surface area (Å²) in [5.74, 6) is -1.69. The average Bonchev–Trinajstić information content (AvgIpc) is 2.48. The number of aromatic hydroxyl groups is 1. The summed E-state index contributed by atoms with van der Waals surface area (Å²) in [6.45, 7) is 0. The molecule has 0 bridgehead atoms. The molecule has 0 heterocycles. The van der Waals surface area contributed by atoms with Crippen LogP contribution in [0.25, 0.3) is 0 Å². The molecule has 100 valence electrons. The quantitative estimate of drug-likeness (QED) is 0.900. The first kappa shape index (κ1) is 13.6. The third kappa shape index (κ3) is 2.93. The van der Waals surface area contributed by atoms with E-state index in [1.165, 1.54) is 0 Å². The molecule has 4 nitrogen and oxygen atoms in total. The predicted molar refractivity (Wildman–Crippen MR) is 70.3 cm³/mol. The number of phenols is 1. The number of carbonyl (C=O) groups is 1. The summed E-state index contributed by atoms with van der Waals surface area (Å²) in [6, 6.07) is 12.8. The molecular weight excluding hydrogens is 259 g/mol. The summed E-state index contributed by atoms with van der Waals surface area (Å²) in [5.41, 5.74) is 0.403. The van der Waals surface area contributed by atoms with Crippen LogP contribution < -0.4 is 5.32 Å². The van der Waals surface area contributed by atoms with E-state index in [0.717, 1.165) is 18.2 Å². The number of phenolic OH excluding ortho intramolecular Hbond substituents is 1. The van der Waals surface area contributed by atoms with E-state index in [4.69, 9.17) is 5.26 Å². The third-order valence-electron chi connectivity index (χ3n) is 2.74. The molecule has 2 aromatic carbocycles. The molecule has 0 aromatic heterocycles. The van der Waals surface area contributed by atoms with Crippen LogP contribution in [0.3, 0.4) is 0 Å². The Morgan fingerprint density at radius 2 is 1.95 bits per heavy atom. The summed E-state index contributed by atoms with van der Waals surface area (Å²) in [7, 11) is 0. The molecule has 5 heteroatoms. The minimum atomic E-state index is -0.869. The van der Waals surface area contributed by atoms with Crippen molar-refractivity contribution in [2.45, 2.75) is 6.04 Å². The molecule has 1 atom stereocenters. The van der Waals surface area contributed by atoms with Crippen molar-refractivity contribution in [3.8, 4) is 11.8 Å². The van der Waals surface area contributed by atoms with Gasteiger partial charge in [0.25, 0.3) is 5.91 Å². The second-order valence-electron chi connectivity index (χ2n) is 4.11. The van der Waals surface area contributed by atoms with Gasteiger partial charge < -0.3 is 10.4 Å². The van der Waals surface area contributed by atoms with E-state index >= 15 is 0 Å². The molecule has 2 N–H and O–H groups in total. The Kier molecular flexibility index (Phi) is 3.96. The van der Waals surface area contributed by atoms with E-state index in [-0.39, 0.29) is 11.3 Å². The largest absolute Gasteiger partial charge is 0.507 e. The van der Waals surface area contributed by atoms with Gasteiger partial charge in [0, 0.05) is 0 Å². The van der Waals surface area contributed by atoms with Gasteiger partial charge in [0.2, 0.25) is 0 Å². The standard InChI is InChI=1S/C15H11FN2O2/c16-11-6-7-14(19)12(8-11)15(20)18-13(9-17)10-4-2-1-3-5-10/h1-8,13,19H,(H,18,20). The Balaban J connectivity index is 2.22. The lowest BCUT2D eigenvalue weighted by atomic mass is 10.1. The first-order valence-electron chi connectivity index (χ1n) is 5.86. The molecule has 0 spiro atoms. The van der Waals surface area contributed by atoms with E-state index in [1.807, 2.05) is 6.07 Å². The zero-order chi connectivity index (χ0) is 14.5. The van der Waals surface area contributed by atoms with Crippen LogP contribution in [0.4, 0.5) is 4.39 Å². The second kappa shape index (κ2) is 5.85. The fourth-order valence-electron chi connectivity index (χ4n) is 1.73. The molecule has 2 aromatic rings. The highest BCUT2D eigenvalue weighted by Crippen LogP contribution is 2.19. The Morgan fingerprint density at radius 3 is 2.60 bits per heavy atom. The molecule has 0 saturated heterocycles. The van der Waals surface area contributed by atoms with E-state index in [0.29, 0.717) is 5.56 Å². The minimum Gasteiger partial charge on any atom is -0.507 e. The van der Waals surface area contributed by atoms with Crippen LogP contribution >= 0.6 is 0 Å². The highest BCUT2D eigenvalue weighted by atomic mass is 19.1. The van der Waals surface area contributed by atoms with E-state index < -0.39 is 17.8 Å². The highest BCUT2D eigenvalue weighted by Gasteiger charge is 2.17. The molecule has 2 rings (SSSR count). The van der Waals surface area contributed by atoms with E-state index in [2.05, 4.69) is 5.32 Å². The van der Waals surface area contributed by atoms with Crippen LogP contribution in [0.1, 0.15) is 22.0 Å². The molecule has 20 heavy (non-hydrogen) atoms. The first-order valence-corrected chi connectivity index (χ1v) is 5.86. The fourth-order valence-corrected chi connectivity index (χ4v) is 1.73. The molecule has 0 aliphatic rings. The number of rotatable bonds is 3. The number of benzene rings is 2. The molecule has 0 saturated carbocycles. The Labute approximate surface area is 115 Å². The molecule has 0 radical (unpaired) electrons. The SMILES string of the molecule is N#CC(NC(=O)c1cc(F)ccc1O)c1ccccc1. The number of hydrogen-bond acceptors (Lipinski definition) is 3. The Morgan fingerprint density at radius 1 is 1.25 bits per heavy atom. The first-order chi connectivity index (χ1) is 9.61. The lowest BCUT2D eigenvalue weighted by Gasteiger charge is -2.12. The van der Waals surface area contributed by atoms with Crippen molar-refractivity contribution in [2.75, 3.05) is 0 Å². The highest BCUT2D eigenvalue weighted by molar-refractivity contribution is 5.97. The number of nitrogens with zero attached hydrogens (tertiary/aromatic N) is 1. The zero-order valence-corrected chi connectivity index (χ0v) is 10.4. The maximum Gasteiger partial charge on any atom is 0.256 e. The van der Waals surface area contributed by atoms with Crippen LogP contribution in [-0.2, 0) is 0 Å². The van der Waals surface area contributed by atoms with Gasteiger partial charge in [0.05, 0.1) is 11.6 Å². The van der Waals surface area contributed by atoms with Gasteiger partial charge in [0.1, 0.15) is 17.6 Å². The molecule has 0 aliphatic heterocycles. The maximum absolute atomic E-state index is 13.1. The van der Waals surface area contributed by atoms with Gasteiger partial charge in [-0.05, 0) is 23.8 Å². The van der Waals surface area contributed by atoms with Gasteiger partial charge in [-0.3, -0.25) is 4.79 Å². The van der Waals surface area contributed by atoms with Crippen LogP contribution in [-0.4, -0.2) is 11.0 Å². The number of carbonyl (C=O) groups excluding carboxylic acids is 1. The summed E-state index contributed by atoms with van der Waals surface area (Å²) >= 11 is 0. The molecule has 0 fully saturated rings. The Bertz CT molecular complexity index is 665. The second-order valence-corrected chi connectivity index (χ2v) is 4.11. The summed E-state index contributed by atoms with van der Waals surface area (Å²) in [5, 5.41) is 21.1. The van der Waals surface area contributed by atoms with Crippen molar-refractivity contribution < 1.29 is 14.3 Å². The van der Waals surface area contributed by atoms with Crippen LogP contribution in [0.2, 0.25) is 0 Å². The zero-order valence-electron chi connectivity index (χ0n) is 10.4. The van der Waals surface area contributed by atoms with E-state index in [1.54, 1.807) is 30.3 Å². The Hall–Kier alpha value is -2.87. The van der Waals surface area contributed by atoms with Crippen molar-refractivity contribution in [3.05, 3.63) is 65.5 Å². The van der Waals surface area contributed by atoms with Crippen molar-refractivity contribution in [2.24, 2.45) is 0 Å². The smallest absolute Gasteiger partial charge is 0.256 e. The van der Waals surface area contributed by atoms with Crippen molar-refractivity contribution >= 4 is 5.91 Å². The fraction of sp³-hybridized carbons (Fsp3) is 0.0667. The molecule has 0 aliphatic carbocycles. The topological polar surface area (TPSA) is 73.1 Å². The molecular formula is C15H11FN2O2. The van der Waals surface area contributed by atoms with Crippen LogP contribution in [0, 0.1) is 17.1 Å². The number of nitriles is 1. The third-order valence-corrected chi connectivity index (χ3v) is 2.74. The lowest BCUT2D eigenvalue weighted by molar-refractivity contribution is 0.0942. The minimum absolute atomic E-state index is 0.207. The summed E-state index contributed by atoms with van der Waals surface area (Å²) in [4.78, 5) is 12.0. The van der Waals surface area contributed by atoms with Gasteiger partial charge in [-0.25, -0.2) is 4.39 Å². The van der Waals surface area contributed by atoms with Gasteiger partial charge in [-0.1, -0.05) is 30.3 Å². The van der Waals surface area contributed by atoms with Crippen LogP contribution in [0.5, 0.6) is 5.75 Å². The van der Waals surface area contributed by atoms with Gasteiger partial charge in [0.15, 0.2) is 0 Å². The normalized spacial score (nSPS) is 11.4. The summed E-state index contributed by atoms with van der Waals surface area (Å²) < 4.78 is 13.1. The maximum atomic E-state index is 13.1. The van der Waals surface area contributed by atoms with Crippen molar-refractivity contribution in [1.82, 2.24) is 5.32 Å². The van der Waals surface area contributed by atoms with E-state index in [9.17, 15) is 14.3 Å². The number of hydrogen-bond donors (Lipinski definition) is 2. The predicted octanol–water partition coefficient (Wildman–Crippen LogP) is 2.53. The monoisotopic (exact) mass is 270 g/mol. The number of amides is 1. The number of nitrogens with one attached hydrogen (secondary N) is 1. The molecule has 1 amide bonds. The van der Waals surface area contributed by atoms with Gasteiger partial charge in [-0.15, -0.1) is 0 Å².